The second-order valence-corrected chi connectivity index (χ2v) is 11.5. The third-order valence-electron chi connectivity index (χ3n) is 8.09. The predicted octanol–water partition coefficient (Wildman–Crippen LogP) is 7.31. The van der Waals surface area contributed by atoms with Crippen molar-refractivity contribution in [3.05, 3.63) is 156 Å². The summed E-state index contributed by atoms with van der Waals surface area (Å²) < 4.78 is 46.1. The smallest absolute Gasteiger partial charge is 0.314 e. The maximum absolute atomic E-state index is 6.78. The summed E-state index contributed by atoms with van der Waals surface area (Å²) in [6.07, 6.45) is 0.426. The van der Waals surface area contributed by atoms with Crippen molar-refractivity contribution in [1.29, 1.82) is 0 Å². The summed E-state index contributed by atoms with van der Waals surface area (Å²) in [6, 6.07) is 39.9. The molecule has 2 saturated heterocycles. The van der Waals surface area contributed by atoms with E-state index in [1.807, 2.05) is 127 Å². The molecule has 6 atom stereocenters. The summed E-state index contributed by atoms with van der Waals surface area (Å²) in [5.74, 6) is -1.48. The van der Waals surface area contributed by atoms with Crippen LogP contribution in [0.5, 0.6) is 0 Å². The first kappa shape index (κ1) is 32.3. The quantitative estimate of drug-likeness (QED) is 0.0959. The highest BCUT2D eigenvalue weighted by atomic mass is 16.9. The van der Waals surface area contributed by atoms with Gasteiger partial charge in [0.15, 0.2) is 6.29 Å². The van der Waals surface area contributed by atoms with E-state index in [0.29, 0.717) is 26.4 Å². The topological polar surface area (TPSA) is 64.6 Å². The Morgan fingerprint density at radius 2 is 1.20 bits per heavy atom. The molecule has 0 aliphatic carbocycles. The van der Waals surface area contributed by atoms with Crippen LogP contribution in [-0.2, 0) is 59.0 Å². The van der Waals surface area contributed by atoms with E-state index in [9.17, 15) is 0 Å². The lowest BCUT2D eigenvalue weighted by Crippen LogP contribution is -2.59. The van der Waals surface area contributed by atoms with Crippen molar-refractivity contribution < 1.29 is 33.2 Å². The van der Waals surface area contributed by atoms with E-state index in [4.69, 9.17) is 33.2 Å². The van der Waals surface area contributed by atoms with Crippen LogP contribution in [0.25, 0.3) is 0 Å². The molecule has 2 aliphatic rings. The molecule has 0 amide bonds. The fraction of sp³-hybridized carbons (Fsp3) is 0.333. The van der Waals surface area contributed by atoms with Gasteiger partial charge in [-0.15, -0.1) is 6.58 Å². The van der Waals surface area contributed by atoms with Gasteiger partial charge in [0.2, 0.25) is 0 Å². The third-order valence-corrected chi connectivity index (χ3v) is 8.09. The van der Waals surface area contributed by atoms with Gasteiger partial charge in [0.25, 0.3) is 0 Å². The minimum Gasteiger partial charge on any atom is -0.374 e. The Labute approximate surface area is 271 Å². The molecule has 240 valence electrons. The molecule has 0 N–H and O–H groups in total. The van der Waals surface area contributed by atoms with E-state index < -0.39 is 36.7 Å². The molecule has 0 saturated carbocycles. The maximum Gasteiger partial charge on any atom is 0.314 e. The lowest BCUT2D eigenvalue weighted by atomic mass is 9.98. The molecule has 3 unspecified atom stereocenters. The standard InChI is InChI=1S/C39H42O7/c1-2-3-16-25-43-39(33-23-14-7-15-24-33)45-37-36(42-28-32-21-12-6-13-22-32)35(41-27-31-19-10-5-11-20-31)34(44-38(37)46-39)29-40-26-30-17-8-4-9-18-30/h2,4-15,17-24,34-38H,1,3,16,25-29H2/t34-,35-,36+,37?,38?,39?/m1/s1. The van der Waals surface area contributed by atoms with Crippen molar-refractivity contribution in [1.82, 2.24) is 0 Å². The Morgan fingerprint density at radius 3 is 1.78 bits per heavy atom. The fourth-order valence-electron chi connectivity index (χ4n) is 5.75. The molecule has 46 heavy (non-hydrogen) atoms. The van der Waals surface area contributed by atoms with E-state index in [1.165, 1.54) is 0 Å². The molecular weight excluding hydrogens is 580 g/mol. The van der Waals surface area contributed by atoms with Crippen LogP contribution < -0.4 is 0 Å². The minimum atomic E-state index is -1.48. The number of fused-ring (bicyclic) bond motifs is 1. The van der Waals surface area contributed by atoms with E-state index in [-0.39, 0.29) is 6.61 Å². The molecule has 0 spiro atoms. The van der Waals surface area contributed by atoms with Gasteiger partial charge in [-0.1, -0.05) is 127 Å². The number of rotatable bonds is 16. The van der Waals surface area contributed by atoms with Crippen molar-refractivity contribution in [2.75, 3.05) is 13.2 Å². The average Bonchev–Trinajstić information content (AvgIpc) is 3.49. The Bertz CT molecular complexity index is 1450. The molecule has 6 rings (SSSR count). The molecule has 0 bridgehead atoms. The van der Waals surface area contributed by atoms with Crippen molar-refractivity contribution in [3.63, 3.8) is 0 Å². The molecule has 2 heterocycles. The van der Waals surface area contributed by atoms with E-state index in [0.717, 1.165) is 35.1 Å². The summed E-state index contributed by atoms with van der Waals surface area (Å²) in [4.78, 5) is 0. The van der Waals surface area contributed by atoms with Gasteiger partial charge in [0, 0.05) is 5.56 Å². The molecule has 4 aromatic carbocycles. The van der Waals surface area contributed by atoms with E-state index >= 15 is 0 Å². The van der Waals surface area contributed by atoms with Crippen LogP contribution in [0.1, 0.15) is 35.1 Å². The summed E-state index contributed by atoms with van der Waals surface area (Å²) in [5, 5.41) is 0. The molecule has 0 radical (unpaired) electrons. The van der Waals surface area contributed by atoms with Crippen LogP contribution in [0.4, 0.5) is 0 Å². The second kappa shape index (κ2) is 16.3. The number of hydrogen-bond acceptors (Lipinski definition) is 7. The van der Waals surface area contributed by atoms with Gasteiger partial charge in [0.05, 0.1) is 33.0 Å². The summed E-state index contributed by atoms with van der Waals surface area (Å²) >= 11 is 0. The number of ether oxygens (including phenoxy) is 7. The van der Waals surface area contributed by atoms with E-state index in [1.54, 1.807) is 0 Å². The highest BCUT2D eigenvalue weighted by Gasteiger charge is 2.60. The molecule has 0 aromatic heterocycles. The van der Waals surface area contributed by atoms with Gasteiger partial charge in [-0.05, 0) is 29.5 Å². The maximum atomic E-state index is 6.78. The molecule has 2 aliphatic heterocycles. The molecule has 4 aromatic rings. The number of unbranched alkanes of at least 4 members (excludes halogenated alkanes) is 1. The van der Waals surface area contributed by atoms with Crippen molar-refractivity contribution in [2.45, 2.75) is 69.3 Å². The van der Waals surface area contributed by atoms with Gasteiger partial charge < -0.3 is 28.4 Å². The lowest BCUT2D eigenvalue weighted by Gasteiger charge is -2.42. The fourth-order valence-corrected chi connectivity index (χ4v) is 5.75. The zero-order valence-corrected chi connectivity index (χ0v) is 26.0. The lowest BCUT2D eigenvalue weighted by molar-refractivity contribution is -0.367. The largest absolute Gasteiger partial charge is 0.374 e. The summed E-state index contributed by atoms with van der Waals surface area (Å²) in [7, 11) is 0. The molecule has 2 fully saturated rings. The monoisotopic (exact) mass is 622 g/mol. The zero-order valence-electron chi connectivity index (χ0n) is 26.0. The van der Waals surface area contributed by atoms with Gasteiger partial charge in [0.1, 0.15) is 24.4 Å². The van der Waals surface area contributed by atoms with Crippen LogP contribution >= 0.6 is 0 Å². The first-order valence-electron chi connectivity index (χ1n) is 16.0. The first-order valence-corrected chi connectivity index (χ1v) is 16.0. The average molecular weight is 623 g/mol. The van der Waals surface area contributed by atoms with Crippen LogP contribution in [0, 0.1) is 0 Å². The molecular formula is C39H42O7. The highest BCUT2D eigenvalue weighted by molar-refractivity contribution is 5.20. The highest BCUT2D eigenvalue weighted by Crippen LogP contribution is 2.45. The van der Waals surface area contributed by atoms with Gasteiger partial charge in [-0.25, -0.2) is 0 Å². The Kier molecular flexibility index (Phi) is 11.4. The van der Waals surface area contributed by atoms with Crippen LogP contribution in [0.3, 0.4) is 0 Å². The van der Waals surface area contributed by atoms with E-state index in [2.05, 4.69) is 6.58 Å². The third kappa shape index (κ3) is 8.18. The first-order chi connectivity index (χ1) is 22.7. The Balaban J connectivity index is 1.30. The molecule has 7 heteroatoms. The van der Waals surface area contributed by atoms with Crippen LogP contribution in [-0.4, -0.2) is 43.9 Å². The van der Waals surface area contributed by atoms with Gasteiger partial charge in [-0.3, -0.25) is 4.74 Å². The molecule has 7 nitrogen and oxygen atoms in total. The zero-order chi connectivity index (χ0) is 31.4. The normalized spacial score (nSPS) is 25.6. The summed E-state index contributed by atoms with van der Waals surface area (Å²) in [5.41, 5.74) is 3.90. The summed E-state index contributed by atoms with van der Waals surface area (Å²) in [6.45, 7) is 5.69. The van der Waals surface area contributed by atoms with Crippen LogP contribution in [0.2, 0.25) is 0 Å². The SMILES string of the molecule is C=CCCCOC1(c2ccccc2)OC2O[C@H](COCc3ccccc3)[C@@H](OCc3ccccc3)[C@H](OCc3ccccc3)C2O1. The van der Waals surface area contributed by atoms with Crippen molar-refractivity contribution >= 4 is 0 Å². The number of hydrogen-bond donors (Lipinski definition) is 0. The minimum absolute atomic E-state index is 0.269. The van der Waals surface area contributed by atoms with Crippen LogP contribution in [0.15, 0.2) is 134 Å². The Hall–Kier alpha value is -3.66. The second-order valence-electron chi connectivity index (χ2n) is 11.5. The number of benzene rings is 4. The van der Waals surface area contributed by atoms with Crippen molar-refractivity contribution in [2.24, 2.45) is 0 Å². The number of allylic oxidation sites excluding steroid dienone is 1. The van der Waals surface area contributed by atoms with Crippen molar-refractivity contribution in [3.8, 4) is 0 Å². The predicted molar refractivity (Wildman–Crippen MR) is 174 cm³/mol. The van der Waals surface area contributed by atoms with Gasteiger partial charge >= 0.3 is 5.97 Å². The van der Waals surface area contributed by atoms with Gasteiger partial charge in [-0.2, -0.15) is 0 Å². The Morgan fingerprint density at radius 1 is 0.652 bits per heavy atom.